The van der Waals surface area contributed by atoms with Crippen molar-refractivity contribution in [2.24, 2.45) is 10.7 Å². The number of carbonyl (C=O) groups is 2. The summed E-state index contributed by atoms with van der Waals surface area (Å²) in [5, 5.41) is 3.29. The maximum Gasteiger partial charge on any atom is 0.251 e. The average Bonchev–Trinajstić information content (AvgIpc) is 2.91. The molecule has 2 amide bonds. The van der Waals surface area contributed by atoms with Crippen LogP contribution in [0.3, 0.4) is 0 Å². The Labute approximate surface area is 225 Å². The number of nitrogens with one attached hydrogen (secondary N) is 1. The number of hydrogen-bond acceptors (Lipinski definition) is 5. The van der Waals surface area contributed by atoms with Gasteiger partial charge in [-0.1, -0.05) is 57.5 Å². The topological polar surface area (TPSA) is 97.0 Å². The second-order valence-corrected chi connectivity index (χ2v) is 11.2. The Hall–Kier alpha value is -3.35. The van der Waals surface area contributed by atoms with Crippen LogP contribution in [0.25, 0.3) is 0 Å². The molecule has 38 heavy (non-hydrogen) atoms. The van der Waals surface area contributed by atoms with Crippen LogP contribution in [0.5, 0.6) is 5.75 Å². The van der Waals surface area contributed by atoms with Crippen LogP contribution in [-0.2, 0) is 4.79 Å². The Bertz CT molecular complexity index is 1230. The molecule has 202 valence electrons. The molecule has 0 radical (unpaired) electrons. The number of benzene rings is 2. The summed E-state index contributed by atoms with van der Waals surface area (Å²) in [6.45, 7) is 6.20. The SMILES string of the molecule is CCCC(c1cccc(C(=O)N[C@@H]2CC3(CCC3)Oc3ccccc32)c1)N1C(=O)CC(CC)(CC)N=C1N. The molecule has 2 heterocycles. The number of hydrogen-bond donors (Lipinski definition) is 2. The van der Waals surface area contributed by atoms with Crippen molar-refractivity contribution >= 4 is 17.8 Å². The van der Waals surface area contributed by atoms with E-state index < -0.39 is 5.54 Å². The summed E-state index contributed by atoms with van der Waals surface area (Å²) in [5.74, 6) is 1.02. The maximum atomic E-state index is 13.6. The lowest BCUT2D eigenvalue weighted by Gasteiger charge is -2.48. The van der Waals surface area contributed by atoms with Gasteiger partial charge in [0.25, 0.3) is 5.91 Å². The zero-order chi connectivity index (χ0) is 26.9. The largest absolute Gasteiger partial charge is 0.487 e. The Balaban J connectivity index is 1.40. The van der Waals surface area contributed by atoms with E-state index in [9.17, 15) is 9.59 Å². The molecule has 2 aliphatic heterocycles. The van der Waals surface area contributed by atoms with E-state index in [0.717, 1.165) is 68.2 Å². The van der Waals surface area contributed by atoms with Crippen LogP contribution >= 0.6 is 0 Å². The van der Waals surface area contributed by atoms with Crippen LogP contribution in [0, 0.1) is 0 Å². The van der Waals surface area contributed by atoms with Crippen molar-refractivity contribution in [2.45, 2.75) is 102 Å². The third-order valence-electron chi connectivity index (χ3n) is 8.84. The summed E-state index contributed by atoms with van der Waals surface area (Å²) in [7, 11) is 0. The van der Waals surface area contributed by atoms with Gasteiger partial charge in [-0.25, -0.2) is 4.99 Å². The highest BCUT2D eigenvalue weighted by Gasteiger charge is 2.46. The molecule has 2 aromatic carbocycles. The fourth-order valence-electron chi connectivity index (χ4n) is 6.29. The summed E-state index contributed by atoms with van der Waals surface area (Å²) in [4.78, 5) is 33.4. The number of ether oxygens (including phenoxy) is 1. The minimum Gasteiger partial charge on any atom is -0.487 e. The summed E-state index contributed by atoms with van der Waals surface area (Å²) < 4.78 is 6.36. The number of nitrogens with two attached hydrogens (primary N) is 1. The van der Waals surface area contributed by atoms with Crippen molar-refractivity contribution in [1.82, 2.24) is 10.2 Å². The van der Waals surface area contributed by atoms with E-state index in [-0.39, 0.29) is 35.5 Å². The highest BCUT2D eigenvalue weighted by molar-refractivity contribution is 6.00. The molecule has 3 aliphatic rings. The molecule has 1 spiro atoms. The van der Waals surface area contributed by atoms with Gasteiger partial charge in [0.2, 0.25) is 5.91 Å². The minimum absolute atomic E-state index is 0.000821. The maximum absolute atomic E-state index is 13.6. The van der Waals surface area contributed by atoms with Crippen LogP contribution in [0.15, 0.2) is 53.5 Å². The van der Waals surface area contributed by atoms with Gasteiger partial charge in [-0.05, 0) is 62.3 Å². The van der Waals surface area contributed by atoms with Crippen LogP contribution in [0.1, 0.15) is 112 Å². The predicted octanol–water partition coefficient (Wildman–Crippen LogP) is 5.81. The van der Waals surface area contributed by atoms with Gasteiger partial charge in [0.15, 0.2) is 5.96 Å². The number of aliphatic imine (C=N–C) groups is 1. The van der Waals surface area contributed by atoms with E-state index in [0.29, 0.717) is 12.0 Å². The van der Waals surface area contributed by atoms with E-state index in [1.165, 1.54) is 0 Å². The zero-order valence-electron chi connectivity index (χ0n) is 22.8. The molecule has 7 heteroatoms. The first-order valence-corrected chi connectivity index (χ1v) is 14.2. The van der Waals surface area contributed by atoms with E-state index in [2.05, 4.69) is 26.1 Å². The molecule has 5 rings (SSSR count). The summed E-state index contributed by atoms with van der Waals surface area (Å²) in [5.41, 5.74) is 8.35. The molecule has 2 atom stereocenters. The highest BCUT2D eigenvalue weighted by Crippen LogP contribution is 2.48. The first kappa shape index (κ1) is 26.3. The number of fused-ring (bicyclic) bond motifs is 1. The summed E-state index contributed by atoms with van der Waals surface area (Å²) in [6, 6.07) is 15.2. The van der Waals surface area contributed by atoms with Gasteiger partial charge in [0, 0.05) is 17.5 Å². The molecule has 0 aromatic heterocycles. The molecule has 3 N–H and O–H groups in total. The third-order valence-corrected chi connectivity index (χ3v) is 8.84. The predicted molar refractivity (Wildman–Crippen MR) is 149 cm³/mol. The number of carbonyl (C=O) groups excluding carboxylic acids is 2. The Kier molecular flexibility index (Phi) is 7.21. The standard InChI is InChI=1S/C31H40N4O3/c1-4-11-25(35-27(36)20-30(5-2,6-3)34-29(35)32)21-12-9-13-22(18-21)28(37)33-24-19-31(16-10-17-31)38-26-15-8-7-14-23(24)26/h7-9,12-15,18,24-25H,4-6,10-11,16-17,19-20H2,1-3H3,(H2,32,34)(H,33,37)/t24-,25?/m1/s1. The monoisotopic (exact) mass is 516 g/mol. The summed E-state index contributed by atoms with van der Waals surface area (Å²) in [6.07, 6.45) is 7.47. The zero-order valence-corrected chi connectivity index (χ0v) is 22.8. The van der Waals surface area contributed by atoms with Crippen LogP contribution in [0.2, 0.25) is 0 Å². The Morgan fingerprint density at radius 3 is 2.58 bits per heavy atom. The second kappa shape index (κ2) is 10.4. The van der Waals surface area contributed by atoms with Gasteiger partial charge in [0.1, 0.15) is 11.4 Å². The van der Waals surface area contributed by atoms with Crippen molar-refractivity contribution in [3.05, 3.63) is 65.2 Å². The third kappa shape index (κ3) is 4.79. The second-order valence-electron chi connectivity index (χ2n) is 11.2. The lowest BCUT2D eigenvalue weighted by Crippen LogP contribution is -2.52. The van der Waals surface area contributed by atoms with Crippen LogP contribution < -0.4 is 15.8 Å². The molecule has 1 unspecified atom stereocenters. The average molecular weight is 517 g/mol. The number of para-hydroxylation sites is 1. The lowest BCUT2D eigenvalue weighted by molar-refractivity contribution is -0.131. The molecule has 0 bridgehead atoms. The number of guanidine groups is 1. The van der Waals surface area contributed by atoms with Crippen molar-refractivity contribution in [3.8, 4) is 5.75 Å². The van der Waals surface area contributed by atoms with E-state index in [4.69, 9.17) is 15.5 Å². The number of rotatable bonds is 8. The van der Waals surface area contributed by atoms with Crippen molar-refractivity contribution in [1.29, 1.82) is 0 Å². The first-order valence-electron chi connectivity index (χ1n) is 14.2. The number of nitrogens with zero attached hydrogens (tertiary/aromatic N) is 2. The number of amides is 2. The smallest absolute Gasteiger partial charge is 0.251 e. The Morgan fingerprint density at radius 1 is 1.16 bits per heavy atom. The quantitative estimate of drug-likeness (QED) is 0.463. The van der Waals surface area contributed by atoms with E-state index in [1.807, 2.05) is 48.5 Å². The van der Waals surface area contributed by atoms with Gasteiger partial charge < -0.3 is 15.8 Å². The molecular weight excluding hydrogens is 476 g/mol. The molecule has 1 saturated carbocycles. The van der Waals surface area contributed by atoms with Gasteiger partial charge in [0.05, 0.1) is 24.0 Å². The van der Waals surface area contributed by atoms with Gasteiger partial charge in [-0.3, -0.25) is 14.5 Å². The van der Waals surface area contributed by atoms with Gasteiger partial charge >= 0.3 is 0 Å². The van der Waals surface area contributed by atoms with Gasteiger partial charge in [-0.15, -0.1) is 0 Å². The molecule has 0 saturated heterocycles. The van der Waals surface area contributed by atoms with Crippen molar-refractivity contribution in [3.63, 3.8) is 0 Å². The van der Waals surface area contributed by atoms with Crippen LogP contribution in [0.4, 0.5) is 0 Å². The first-order chi connectivity index (χ1) is 18.3. The Morgan fingerprint density at radius 2 is 1.92 bits per heavy atom. The molecule has 1 aliphatic carbocycles. The fourth-order valence-corrected chi connectivity index (χ4v) is 6.29. The molecule has 2 aromatic rings. The van der Waals surface area contributed by atoms with Crippen molar-refractivity contribution < 1.29 is 14.3 Å². The van der Waals surface area contributed by atoms with Crippen LogP contribution in [-0.4, -0.2) is 33.8 Å². The van der Waals surface area contributed by atoms with E-state index >= 15 is 0 Å². The molecular formula is C31H40N4O3. The summed E-state index contributed by atoms with van der Waals surface area (Å²) >= 11 is 0. The molecule has 7 nitrogen and oxygen atoms in total. The van der Waals surface area contributed by atoms with Crippen molar-refractivity contribution in [2.75, 3.05) is 0 Å². The fraction of sp³-hybridized carbons (Fsp3) is 0.516. The molecule has 1 fully saturated rings. The van der Waals surface area contributed by atoms with E-state index in [1.54, 1.807) is 4.90 Å². The highest BCUT2D eigenvalue weighted by atomic mass is 16.5. The van der Waals surface area contributed by atoms with Gasteiger partial charge in [-0.2, -0.15) is 0 Å². The normalized spacial score (nSPS) is 22.1. The minimum atomic E-state index is -0.423. The lowest BCUT2D eigenvalue weighted by atomic mass is 9.73.